The molecule has 2 heterocycles. The molecule has 4 nitrogen and oxygen atoms in total. The minimum Gasteiger partial charge on any atom is -0.372 e. The lowest BCUT2D eigenvalue weighted by atomic mass is 9.94. The number of rotatable bonds is 3. The van der Waals surface area contributed by atoms with Crippen LogP contribution in [0, 0.1) is 0 Å². The monoisotopic (exact) mass is 327 g/mol. The maximum Gasteiger partial charge on any atom is 0.162 e. The zero-order chi connectivity index (χ0) is 14.0. The fraction of sp³-hybridized carbons (Fsp3) is 0.714. The molecule has 1 aliphatic heterocycles. The van der Waals surface area contributed by atoms with E-state index in [2.05, 4.69) is 47.0 Å². The van der Waals surface area contributed by atoms with Crippen molar-refractivity contribution in [2.75, 3.05) is 19.0 Å². The summed E-state index contributed by atoms with van der Waals surface area (Å²) in [6.07, 6.45) is 3.28. The Bertz CT molecular complexity index is 456. The number of ether oxygens (including phenoxy) is 1. The third-order valence-electron chi connectivity index (χ3n) is 3.60. The zero-order valence-electron chi connectivity index (χ0n) is 12.1. The second-order valence-electron chi connectivity index (χ2n) is 5.54. The number of aromatic nitrogens is 2. The molecular weight excluding hydrogens is 306 g/mol. The Balaban J connectivity index is 2.48. The van der Waals surface area contributed by atoms with E-state index in [9.17, 15) is 0 Å². The molecule has 1 unspecified atom stereocenters. The molecule has 2 rings (SSSR count). The van der Waals surface area contributed by atoms with E-state index in [0.29, 0.717) is 5.92 Å². The molecule has 1 aromatic heterocycles. The molecule has 0 amide bonds. The molecule has 1 fully saturated rings. The van der Waals surface area contributed by atoms with E-state index >= 15 is 0 Å². The molecule has 1 N–H and O–H groups in total. The van der Waals surface area contributed by atoms with Crippen molar-refractivity contribution in [3.05, 3.63) is 16.0 Å². The third kappa shape index (κ3) is 2.92. The number of halogens is 1. The van der Waals surface area contributed by atoms with Crippen LogP contribution in [-0.2, 0) is 10.3 Å². The van der Waals surface area contributed by atoms with Gasteiger partial charge in [0.1, 0.15) is 11.4 Å². The van der Waals surface area contributed by atoms with Crippen LogP contribution in [0.4, 0.5) is 5.82 Å². The summed E-state index contributed by atoms with van der Waals surface area (Å²) in [5, 5.41) is 3.13. The highest BCUT2D eigenvalue weighted by Crippen LogP contribution is 2.36. The lowest BCUT2D eigenvalue weighted by Crippen LogP contribution is -2.33. The number of nitrogens with zero attached hydrogens (tertiary/aromatic N) is 2. The average Bonchev–Trinajstić information content (AvgIpc) is 2.39. The summed E-state index contributed by atoms with van der Waals surface area (Å²) < 4.78 is 6.91. The van der Waals surface area contributed by atoms with E-state index in [-0.39, 0.29) is 5.60 Å². The van der Waals surface area contributed by atoms with Crippen LogP contribution in [0.2, 0.25) is 0 Å². The molecule has 1 aliphatic rings. The fourth-order valence-electron chi connectivity index (χ4n) is 2.36. The number of hydrogen-bond donors (Lipinski definition) is 1. The van der Waals surface area contributed by atoms with Gasteiger partial charge in [0.25, 0.3) is 0 Å². The van der Waals surface area contributed by atoms with Crippen LogP contribution in [0.25, 0.3) is 0 Å². The van der Waals surface area contributed by atoms with Crippen LogP contribution >= 0.6 is 15.9 Å². The van der Waals surface area contributed by atoms with E-state index in [0.717, 1.165) is 41.3 Å². The van der Waals surface area contributed by atoms with Crippen molar-refractivity contribution in [3.63, 3.8) is 0 Å². The zero-order valence-corrected chi connectivity index (χ0v) is 13.7. The van der Waals surface area contributed by atoms with Crippen LogP contribution in [0.15, 0.2) is 4.47 Å². The van der Waals surface area contributed by atoms with Crippen molar-refractivity contribution < 1.29 is 4.74 Å². The van der Waals surface area contributed by atoms with Crippen LogP contribution in [0.5, 0.6) is 0 Å². The number of anilines is 1. The molecule has 19 heavy (non-hydrogen) atoms. The summed E-state index contributed by atoms with van der Waals surface area (Å²) in [4.78, 5) is 9.39. The van der Waals surface area contributed by atoms with E-state index in [1.165, 1.54) is 6.42 Å². The van der Waals surface area contributed by atoms with E-state index in [1.54, 1.807) is 0 Å². The molecular formula is C14H22BrN3O. The normalized spacial score (nSPS) is 23.7. The first kappa shape index (κ1) is 14.7. The van der Waals surface area contributed by atoms with Gasteiger partial charge in [-0.2, -0.15) is 0 Å². The molecule has 0 aromatic carbocycles. The first-order valence-electron chi connectivity index (χ1n) is 6.87. The Kier molecular flexibility index (Phi) is 4.46. The van der Waals surface area contributed by atoms with Crippen molar-refractivity contribution >= 4 is 21.7 Å². The van der Waals surface area contributed by atoms with Crippen molar-refractivity contribution in [2.24, 2.45) is 0 Å². The fourth-order valence-corrected chi connectivity index (χ4v) is 3.19. The highest BCUT2D eigenvalue weighted by Gasteiger charge is 2.34. The predicted octanol–water partition coefficient (Wildman–Crippen LogP) is 3.82. The Morgan fingerprint density at radius 3 is 2.58 bits per heavy atom. The lowest BCUT2D eigenvalue weighted by molar-refractivity contribution is -0.0761. The first-order chi connectivity index (χ1) is 8.98. The maximum absolute atomic E-state index is 5.96. The largest absolute Gasteiger partial charge is 0.372 e. The summed E-state index contributed by atoms with van der Waals surface area (Å²) in [7, 11) is 1.88. The third-order valence-corrected chi connectivity index (χ3v) is 4.38. The topological polar surface area (TPSA) is 47.0 Å². The van der Waals surface area contributed by atoms with Gasteiger partial charge in [-0.25, -0.2) is 9.97 Å². The van der Waals surface area contributed by atoms with Gasteiger partial charge < -0.3 is 10.1 Å². The summed E-state index contributed by atoms with van der Waals surface area (Å²) in [5.74, 6) is 1.97. The minimum atomic E-state index is -0.353. The molecule has 0 bridgehead atoms. The van der Waals surface area contributed by atoms with Crippen molar-refractivity contribution in [3.8, 4) is 0 Å². The highest BCUT2D eigenvalue weighted by atomic mass is 79.9. The second-order valence-corrected chi connectivity index (χ2v) is 6.33. The summed E-state index contributed by atoms with van der Waals surface area (Å²) >= 11 is 3.59. The minimum absolute atomic E-state index is 0.343. The maximum atomic E-state index is 5.96. The summed E-state index contributed by atoms with van der Waals surface area (Å²) in [5.41, 5.74) is 0.679. The smallest absolute Gasteiger partial charge is 0.162 e. The number of nitrogens with one attached hydrogen (secondary N) is 1. The standard InChI is InChI=1S/C14H22BrN3O/c1-9(2)11-10(15)12(16-4)18-13(17-11)14(3)7-5-6-8-19-14/h9H,5-8H2,1-4H3,(H,16,17,18). The van der Waals surface area contributed by atoms with Crippen molar-refractivity contribution in [2.45, 2.75) is 51.6 Å². The van der Waals surface area contributed by atoms with Gasteiger partial charge in [-0.15, -0.1) is 0 Å². The Morgan fingerprint density at radius 1 is 1.32 bits per heavy atom. The molecule has 0 saturated carbocycles. The summed E-state index contributed by atoms with van der Waals surface area (Å²) in [6, 6.07) is 0. The first-order valence-corrected chi connectivity index (χ1v) is 7.67. The van der Waals surface area contributed by atoms with Gasteiger partial charge in [0.15, 0.2) is 5.82 Å². The van der Waals surface area contributed by atoms with Gasteiger partial charge in [0.2, 0.25) is 0 Å². The van der Waals surface area contributed by atoms with Gasteiger partial charge in [0.05, 0.1) is 10.2 Å². The highest BCUT2D eigenvalue weighted by molar-refractivity contribution is 9.10. The van der Waals surface area contributed by atoms with Crippen LogP contribution < -0.4 is 5.32 Å². The molecule has 1 saturated heterocycles. The van der Waals surface area contributed by atoms with Gasteiger partial charge in [-0.1, -0.05) is 13.8 Å². The quantitative estimate of drug-likeness (QED) is 0.916. The van der Waals surface area contributed by atoms with Gasteiger partial charge in [0, 0.05) is 13.7 Å². The molecule has 0 spiro atoms. The SMILES string of the molecule is CNc1nc(C2(C)CCCCO2)nc(C(C)C)c1Br. The van der Waals surface area contributed by atoms with Gasteiger partial charge in [-0.05, 0) is 48.0 Å². The molecule has 106 valence electrons. The molecule has 1 atom stereocenters. The van der Waals surface area contributed by atoms with E-state index < -0.39 is 0 Å². The Labute approximate surface area is 123 Å². The van der Waals surface area contributed by atoms with Crippen LogP contribution in [0.1, 0.15) is 57.5 Å². The van der Waals surface area contributed by atoms with Gasteiger partial charge in [-0.3, -0.25) is 0 Å². The van der Waals surface area contributed by atoms with Gasteiger partial charge >= 0.3 is 0 Å². The van der Waals surface area contributed by atoms with Crippen LogP contribution in [0.3, 0.4) is 0 Å². The number of hydrogen-bond acceptors (Lipinski definition) is 4. The Morgan fingerprint density at radius 2 is 2.05 bits per heavy atom. The summed E-state index contributed by atoms with van der Waals surface area (Å²) in [6.45, 7) is 7.17. The van der Waals surface area contributed by atoms with Crippen molar-refractivity contribution in [1.82, 2.24) is 9.97 Å². The van der Waals surface area contributed by atoms with Crippen molar-refractivity contribution in [1.29, 1.82) is 0 Å². The lowest BCUT2D eigenvalue weighted by Gasteiger charge is -2.33. The van der Waals surface area contributed by atoms with E-state index in [1.807, 2.05) is 7.05 Å². The Hall–Kier alpha value is -0.680. The van der Waals surface area contributed by atoms with Crippen LogP contribution in [-0.4, -0.2) is 23.6 Å². The second kappa shape index (κ2) is 5.75. The molecule has 0 radical (unpaired) electrons. The molecule has 1 aromatic rings. The molecule has 0 aliphatic carbocycles. The average molecular weight is 328 g/mol. The molecule has 5 heteroatoms. The van der Waals surface area contributed by atoms with E-state index in [4.69, 9.17) is 9.72 Å². The predicted molar refractivity (Wildman–Crippen MR) is 80.5 cm³/mol.